The van der Waals surface area contributed by atoms with Gasteiger partial charge in [0.15, 0.2) is 0 Å². The third-order valence-corrected chi connectivity index (χ3v) is 3.83. The van der Waals surface area contributed by atoms with Crippen molar-refractivity contribution in [2.24, 2.45) is 0 Å². The first-order chi connectivity index (χ1) is 6.24. The average Bonchev–Trinajstić information content (AvgIpc) is 2.53. The molecule has 2 aromatic rings. The van der Waals surface area contributed by atoms with Crippen LogP contribution in [0.25, 0.3) is 10.1 Å². The number of fused-ring (bicyclic) bond motifs is 1. The summed E-state index contributed by atoms with van der Waals surface area (Å²) in [5.41, 5.74) is 7.23. The van der Waals surface area contributed by atoms with Gasteiger partial charge in [0.2, 0.25) is 0 Å². The molecule has 4 heteroatoms. The van der Waals surface area contributed by atoms with Crippen molar-refractivity contribution >= 4 is 43.0 Å². The minimum Gasteiger partial charge on any atom is -0.398 e. The Morgan fingerprint density at radius 3 is 3.00 bits per heavy atom. The van der Waals surface area contributed by atoms with Crippen LogP contribution in [0, 0.1) is 0 Å². The second kappa shape index (κ2) is 3.29. The predicted molar refractivity (Wildman–Crippen MR) is 59.9 cm³/mol. The molecule has 0 fully saturated rings. The van der Waals surface area contributed by atoms with Crippen LogP contribution in [0.1, 0.15) is 5.56 Å². The van der Waals surface area contributed by atoms with E-state index in [2.05, 4.69) is 15.9 Å². The SMILES string of the molecule is Nc1cc(Br)c2sccc2c1CO. The Bertz CT molecular complexity index is 452. The number of rotatable bonds is 1. The van der Waals surface area contributed by atoms with Gasteiger partial charge in [0.1, 0.15) is 0 Å². The van der Waals surface area contributed by atoms with Crippen LogP contribution in [0.3, 0.4) is 0 Å². The Balaban J connectivity index is 2.88. The molecule has 0 atom stereocenters. The highest BCUT2D eigenvalue weighted by Crippen LogP contribution is 2.35. The maximum atomic E-state index is 9.14. The molecule has 0 aliphatic heterocycles. The van der Waals surface area contributed by atoms with Gasteiger partial charge in [-0.3, -0.25) is 0 Å². The summed E-state index contributed by atoms with van der Waals surface area (Å²) in [6.45, 7) is -0.00759. The number of thiophene rings is 1. The average molecular weight is 258 g/mol. The highest BCUT2D eigenvalue weighted by molar-refractivity contribution is 9.10. The fourth-order valence-corrected chi connectivity index (χ4v) is 2.92. The van der Waals surface area contributed by atoms with Crippen molar-refractivity contribution in [3.05, 3.63) is 27.5 Å². The van der Waals surface area contributed by atoms with Crippen molar-refractivity contribution in [2.45, 2.75) is 6.61 Å². The van der Waals surface area contributed by atoms with Gasteiger partial charge in [-0.1, -0.05) is 0 Å². The van der Waals surface area contributed by atoms with Crippen LogP contribution in [0.4, 0.5) is 5.69 Å². The molecular formula is C9H8BrNOS. The maximum Gasteiger partial charge on any atom is 0.0708 e. The van der Waals surface area contributed by atoms with E-state index in [1.807, 2.05) is 17.5 Å². The summed E-state index contributed by atoms with van der Waals surface area (Å²) in [6.07, 6.45) is 0. The van der Waals surface area contributed by atoms with Crippen molar-refractivity contribution in [3.8, 4) is 0 Å². The predicted octanol–water partition coefficient (Wildman–Crippen LogP) is 2.74. The Kier molecular flexibility index (Phi) is 2.27. The number of nitrogens with two attached hydrogens (primary N) is 1. The lowest BCUT2D eigenvalue weighted by molar-refractivity contribution is 0.284. The lowest BCUT2D eigenvalue weighted by Crippen LogP contribution is -1.94. The molecule has 68 valence electrons. The van der Waals surface area contributed by atoms with Crippen LogP contribution in [0.5, 0.6) is 0 Å². The van der Waals surface area contributed by atoms with Gasteiger partial charge in [0.25, 0.3) is 0 Å². The summed E-state index contributed by atoms with van der Waals surface area (Å²) in [5.74, 6) is 0. The first kappa shape index (κ1) is 8.99. The van der Waals surface area contributed by atoms with E-state index in [1.165, 1.54) is 0 Å². The van der Waals surface area contributed by atoms with E-state index in [-0.39, 0.29) is 6.61 Å². The Morgan fingerprint density at radius 2 is 2.31 bits per heavy atom. The molecule has 0 amide bonds. The topological polar surface area (TPSA) is 46.2 Å². The second-order valence-electron chi connectivity index (χ2n) is 2.75. The summed E-state index contributed by atoms with van der Waals surface area (Å²) >= 11 is 5.08. The number of aliphatic hydroxyl groups is 1. The first-order valence-corrected chi connectivity index (χ1v) is 5.46. The molecule has 0 aliphatic rings. The third-order valence-electron chi connectivity index (χ3n) is 2.00. The number of benzene rings is 1. The molecule has 2 rings (SSSR count). The molecule has 3 N–H and O–H groups in total. The molecule has 0 saturated heterocycles. The Labute approximate surface area is 88.1 Å². The van der Waals surface area contributed by atoms with Gasteiger partial charge >= 0.3 is 0 Å². The van der Waals surface area contributed by atoms with Crippen molar-refractivity contribution in [1.29, 1.82) is 0 Å². The molecule has 0 aliphatic carbocycles. The van der Waals surface area contributed by atoms with Crippen molar-refractivity contribution in [1.82, 2.24) is 0 Å². The molecule has 1 aromatic carbocycles. The maximum absolute atomic E-state index is 9.14. The number of hydrogen-bond donors (Lipinski definition) is 2. The lowest BCUT2D eigenvalue weighted by Gasteiger charge is -2.05. The summed E-state index contributed by atoms with van der Waals surface area (Å²) in [4.78, 5) is 0. The fraction of sp³-hybridized carbons (Fsp3) is 0.111. The zero-order valence-corrected chi connectivity index (χ0v) is 9.15. The van der Waals surface area contributed by atoms with Gasteiger partial charge in [0.05, 0.1) is 6.61 Å². The smallest absolute Gasteiger partial charge is 0.0708 e. The van der Waals surface area contributed by atoms with E-state index >= 15 is 0 Å². The van der Waals surface area contributed by atoms with Crippen molar-refractivity contribution in [3.63, 3.8) is 0 Å². The molecule has 0 bridgehead atoms. The minimum atomic E-state index is -0.00759. The van der Waals surface area contributed by atoms with Crippen LogP contribution < -0.4 is 5.73 Å². The van der Waals surface area contributed by atoms with E-state index in [4.69, 9.17) is 10.8 Å². The number of anilines is 1. The Morgan fingerprint density at radius 1 is 1.54 bits per heavy atom. The fourth-order valence-electron chi connectivity index (χ4n) is 1.35. The molecule has 1 heterocycles. The third kappa shape index (κ3) is 1.35. The summed E-state index contributed by atoms with van der Waals surface area (Å²) in [6, 6.07) is 3.82. The molecule has 0 spiro atoms. The van der Waals surface area contributed by atoms with Crippen molar-refractivity contribution in [2.75, 3.05) is 5.73 Å². The van der Waals surface area contributed by atoms with Gasteiger partial charge in [0, 0.05) is 25.8 Å². The Hall–Kier alpha value is -0.580. The van der Waals surface area contributed by atoms with Crippen LogP contribution in [-0.4, -0.2) is 5.11 Å². The zero-order chi connectivity index (χ0) is 9.42. The van der Waals surface area contributed by atoms with Crippen LogP contribution in [-0.2, 0) is 6.61 Å². The van der Waals surface area contributed by atoms with Crippen molar-refractivity contribution < 1.29 is 5.11 Å². The number of nitrogen functional groups attached to an aromatic ring is 1. The summed E-state index contributed by atoms with van der Waals surface area (Å²) in [7, 11) is 0. The van der Waals surface area contributed by atoms with Gasteiger partial charge < -0.3 is 10.8 Å². The van der Waals surface area contributed by atoms with Gasteiger partial charge in [-0.05, 0) is 33.4 Å². The quantitative estimate of drug-likeness (QED) is 0.772. The number of hydrogen-bond acceptors (Lipinski definition) is 3. The van der Waals surface area contributed by atoms with E-state index < -0.39 is 0 Å². The normalized spacial score (nSPS) is 10.9. The molecule has 0 unspecified atom stereocenters. The largest absolute Gasteiger partial charge is 0.398 e. The first-order valence-electron chi connectivity index (χ1n) is 3.79. The molecular weight excluding hydrogens is 250 g/mol. The van der Waals surface area contributed by atoms with E-state index in [0.29, 0.717) is 5.69 Å². The summed E-state index contributed by atoms with van der Waals surface area (Å²) in [5, 5.41) is 12.2. The molecule has 13 heavy (non-hydrogen) atoms. The second-order valence-corrected chi connectivity index (χ2v) is 4.52. The van der Waals surface area contributed by atoms with Gasteiger partial charge in [-0.25, -0.2) is 0 Å². The monoisotopic (exact) mass is 257 g/mol. The molecule has 1 aromatic heterocycles. The summed E-state index contributed by atoms with van der Waals surface area (Å²) < 4.78 is 2.13. The van der Waals surface area contributed by atoms with Crippen LogP contribution in [0.15, 0.2) is 22.0 Å². The number of aliphatic hydroxyl groups excluding tert-OH is 1. The van der Waals surface area contributed by atoms with Gasteiger partial charge in [-0.15, -0.1) is 11.3 Å². The van der Waals surface area contributed by atoms with E-state index in [1.54, 1.807) is 11.3 Å². The molecule has 2 nitrogen and oxygen atoms in total. The molecule has 0 saturated carbocycles. The standard InChI is InChI=1S/C9H8BrNOS/c10-7-3-8(11)6(4-12)5-1-2-13-9(5)7/h1-3,12H,4,11H2. The minimum absolute atomic E-state index is 0.00759. The van der Waals surface area contributed by atoms with E-state index in [9.17, 15) is 0 Å². The molecule has 0 radical (unpaired) electrons. The van der Waals surface area contributed by atoms with Crippen LogP contribution in [0.2, 0.25) is 0 Å². The van der Waals surface area contributed by atoms with Crippen LogP contribution >= 0.6 is 27.3 Å². The lowest BCUT2D eigenvalue weighted by atomic mass is 10.1. The van der Waals surface area contributed by atoms with E-state index in [0.717, 1.165) is 20.1 Å². The van der Waals surface area contributed by atoms with Gasteiger partial charge in [-0.2, -0.15) is 0 Å². The zero-order valence-electron chi connectivity index (χ0n) is 6.75. The highest BCUT2D eigenvalue weighted by atomic mass is 79.9. The highest BCUT2D eigenvalue weighted by Gasteiger charge is 2.08. The number of halogens is 1.